The summed E-state index contributed by atoms with van der Waals surface area (Å²) in [4.78, 5) is 12.1. The number of rotatable bonds is 7. The summed E-state index contributed by atoms with van der Waals surface area (Å²) >= 11 is 10.2. The zero-order valence-electron chi connectivity index (χ0n) is 14.8. The van der Waals surface area contributed by atoms with Gasteiger partial charge in [0.15, 0.2) is 6.61 Å². The second-order valence-corrected chi connectivity index (χ2v) is 7.91. The predicted octanol–water partition coefficient (Wildman–Crippen LogP) is 4.91. The van der Waals surface area contributed by atoms with Crippen molar-refractivity contribution < 1.29 is 19.0 Å². The molecule has 0 atom stereocenters. The van der Waals surface area contributed by atoms with Crippen LogP contribution in [-0.2, 0) is 4.79 Å². The Bertz CT molecular complexity index is 849. The summed E-state index contributed by atoms with van der Waals surface area (Å²) in [6, 6.07) is 9.02. The summed E-state index contributed by atoms with van der Waals surface area (Å²) in [7, 11) is 3.14. The van der Waals surface area contributed by atoms with Gasteiger partial charge >= 0.3 is 0 Å². The number of ether oxygens (including phenoxy) is 3. The zero-order valence-corrected chi connectivity index (χ0v) is 19.6. The standard InChI is InChI=1S/C18H17Br3N2O4/c1-10(13-5-4-12(25-2)8-16(13)26-3)22-23-17(24)9-27-18-14(20)6-11(19)7-15(18)21/h4-8H,9H2,1-3H3,(H,23,24). The number of hydrogen-bond donors (Lipinski definition) is 1. The van der Waals surface area contributed by atoms with Crippen LogP contribution in [0.3, 0.4) is 0 Å². The van der Waals surface area contributed by atoms with Crippen LogP contribution >= 0.6 is 47.8 Å². The highest BCUT2D eigenvalue weighted by molar-refractivity contribution is 9.11. The zero-order chi connectivity index (χ0) is 20.0. The average Bonchev–Trinajstić information content (AvgIpc) is 2.64. The summed E-state index contributed by atoms with van der Waals surface area (Å²) < 4.78 is 18.4. The van der Waals surface area contributed by atoms with Gasteiger partial charge in [-0.25, -0.2) is 5.43 Å². The molecule has 6 nitrogen and oxygen atoms in total. The first-order valence-corrected chi connectivity index (χ1v) is 10.1. The van der Waals surface area contributed by atoms with Crippen LogP contribution in [0.2, 0.25) is 0 Å². The highest BCUT2D eigenvalue weighted by Gasteiger charge is 2.12. The lowest BCUT2D eigenvalue weighted by atomic mass is 10.1. The fraction of sp³-hybridized carbons (Fsp3) is 0.222. The molecular weight excluding hydrogens is 548 g/mol. The quantitative estimate of drug-likeness (QED) is 0.383. The minimum atomic E-state index is -0.386. The molecule has 9 heteroatoms. The van der Waals surface area contributed by atoms with Crippen molar-refractivity contribution >= 4 is 59.4 Å². The molecule has 0 aromatic heterocycles. The number of nitrogens with zero attached hydrogens (tertiary/aromatic N) is 1. The van der Waals surface area contributed by atoms with Crippen molar-refractivity contribution in [3.05, 3.63) is 49.3 Å². The molecule has 0 bridgehead atoms. The van der Waals surface area contributed by atoms with E-state index in [2.05, 4.69) is 58.3 Å². The Kier molecular flexibility index (Phi) is 8.12. The van der Waals surface area contributed by atoms with Crippen molar-refractivity contribution in [3.8, 4) is 17.2 Å². The van der Waals surface area contributed by atoms with E-state index in [9.17, 15) is 4.79 Å². The van der Waals surface area contributed by atoms with Gasteiger partial charge in [0.05, 0.1) is 28.9 Å². The highest BCUT2D eigenvalue weighted by Crippen LogP contribution is 2.36. The number of methoxy groups -OCH3 is 2. The Labute approximate surface area is 182 Å². The average molecular weight is 565 g/mol. The maximum Gasteiger partial charge on any atom is 0.277 e. The highest BCUT2D eigenvalue weighted by atomic mass is 79.9. The molecule has 0 saturated heterocycles. The van der Waals surface area contributed by atoms with Crippen LogP contribution in [0.1, 0.15) is 12.5 Å². The van der Waals surface area contributed by atoms with E-state index in [0.29, 0.717) is 23.0 Å². The number of hydrogen-bond acceptors (Lipinski definition) is 5. The summed E-state index contributed by atoms with van der Waals surface area (Å²) in [6.07, 6.45) is 0. The van der Waals surface area contributed by atoms with Gasteiger partial charge in [0.25, 0.3) is 5.91 Å². The SMILES string of the molecule is COc1ccc(C(C)=NNC(=O)COc2c(Br)cc(Br)cc2Br)c(OC)c1. The number of nitrogens with one attached hydrogen (secondary N) is 1. The Morgan fingerprint density at radius 2 is 1.74 bits per heavy atom. The lowest BCUT2D eigenvalue weighted by molar-refractivity contribution is -0.123. The minimum Gasteiger partial charge on any atom is -0.497 e. The molecule has 0 saturated carbocycles. The molecule has 144 valence electrons. The molecule has 0 aliphatic heterocycles. The Morgan fingerprint density at radius 1 is 1.07 bits per heavy atom. The molecule has 1 N–H and O–H groups in total. The van der Waals surface area contributed by atoms with Gasteiger partial charge in [-0.3, -0.25) is 4.79 Å². The first-order chi connectivity index (χ1) is 12.8. The van der Waals surface area contributed by atoms with E-state index >= 15 is 0 Å². The first kappa shape index (κ1) is 21.7. The van der Waals surface area contributed by atoms with Crippen molar-refractivity contribution in [2.75, 3.05) is 20.8 Å². The van der Waals surface area contributed by atoms with Gasteiger partial charge in [0.2, 0.25) is 0 Å². The molecule has 0 spiro atoms. The fourth-order valence-electron chi connectivity index (χ4n) is 2.14. The molecule has 2 rings (SSSR count). The van der Waals surface area contributed by atoms with Crippen molar-refractivity contribution in [3.63, 3.8) is 0 Å². The molecule has 0 fully saturated rings. The van der Waals surface area contributed by atoms with Gasteiger partial charge in [0.1, 0.15) is 17.2 Å². The molecule has 1 amide bonds. The van der Waals surface area contributed by atoms with E-state index in [-0.39, 0.29) is 12.5 Å². The third-order valence-electron chi connectivity index (χ3n) is 3.46. The van der Waals surface area contributed by atoms with Gasteiger partial charge in [-0.15, -0.1) is 0 Å². The smallest absolute Gasteiger partial charge is 0.277 e. The van der Waals surface area contributed by atoms with Gasteiger partial charge in [0, 0.05) is 16.1 Å². The van der Waals surface area contributed by atoms with Crippen molar-refractivity contribution in [2.24, 2.45) is 5.10 Å². The normalized spacial score (nSPS) is 11.1. The van der Waals surface area contributed by atoms with Crippen molar-refractivity contribution in [1.82, 2.24) is 5.43 Å². The maximum absolute atomic E-state index is 12.1. The maximum atomic E-state index is 12.1. The third-order valence-corrected chi connectivity index (χ3v) is 5.09. The number of carbonyl (C=O) groups excluding carboxylic acids is 1. The molecular formula is C18H17Br3N2O4. The molecule has 0 heterocycles. The Morgan fingerprint density at radius 3 is 2.33 bits per heavy atom. The van der Waals surface area contributed by atoms with Gasteiger partial charge < -0.3 is 14.2 Å². The van der Waals surface area contributed by atoms with Crippen LogP contribution in [0.15, 0.2) is 48.9 Å². The van der Waals surface area contributed by atoms with Crippen LogP contribution < -0.4 is 19.6 Å². The van der Waals surface area contributed by atoms with Crippen LogP contribution in [0.5, 0.6) is 17.2 Å². The van der Waals surface area contributed by atoms with E-state index < -0.39 is 0 Å². The molecule has 2 aromatic rings. The first-order valence-electron chi connectivity index (χ1n) is 7.68. The Balaban J connectivity index is 2.02. The summed E-state index contributed by atoms with van der Waals surface area (Å²) in [6.45, 7) is 1.59. The van der Waals surface area contributed by atoms with Crippen LogP contribution in [0, 0.1) is 0 Å². The summed E-state index contributed by atoms with van der Waals surface area (Å²) in [5, 5.41) is 4.12. The fourth-order valence-corrected chi connectivity index (χ4v) is 4.63. The van der Waals surface area contributed by atoms with Crippen LogP contribution in [-0.4, -0.2) is 32.4 Å². The molecule has 0 radical (unpaired) electrons. The lowest BCUT2D eigenvalue weighted by Gasteiger charge is -2.11. The topological polar surface area (TPSA) is 69.2 Å². The Hall–Kier alpha value is -1.58. The predicted molar refractivity (Wildman–Crippen MR) is 115 cm³/mol. The monoisotopic (exact) mass is 562 g/mol. The van der Waals surface area contributed by atoms with E-state index in [1.807, 2.05) is 18.2 Å². The molecule has 0 aliphatic carbocycles. The molecule has 0 aliphatic rings. The second-order valence-electron chi connectivity index (χ2n) is 5.29. The van der Waals surface area contributed by atoms with Crippen molar-refractivity contribution in [2.45, 2.75) is 6.92 Å². The second kappa shape index (κ2) is 10.1. The largest absolute Gasteiger partial charge is 0.497 e. The number of amides is 1. The molecule has 27 heavy (non-hydrogen) atoms. The van der Waals surface area contributed by atoms with Gasteiger partial charge in [-0.1, -0.05) is 15.9 Å². The van der Waals surface area contributed by atoms with Crippen molar-refractivity contribution in [1.29, 1.82) is 0 Å². The summed E-state index contributed by atoms with van der Waals surface area (Å²) in [5.74, 6) is 1.42. The van der Waals surface area contributed by atoms with Crippen LogP contribution in [0.25, 0.3) is 0 Å². The van der Waals surface area contributed by atoms with E-state index in [4.69, 9.17) is 14.2 Å². The van der Waals surface area contributed by atoms with Gasteiger partial charge in [-0.2, -0.15) is 5.10 Å². The van der Waals surface area contributed by atoms with E-state index in [1.165, 1.54) is 0 Å². The minimum absolute atomic E-state index is 0.185. The number of hydrazone groups is 1. The van der Waals surface area contributed by atoms with Gasteiger partial charge in [-0.05, 0) is 63.0 Å². The van der Waals surface area contributed by atoms with E-state index in [0.717, 1.165) is 19.0 Å². The molecule has 0 unspecified atom stereocenters. The number of benzene rings is 2. The number of halogens is 3. The van der Waals surface area contributed by atoms with Crippen LogP contribution in [0.4, 0.5) is 0 Å². The lowest BCUT2D eigenvalue weighted by Crippen LogP contribution is -2.25. The van der Waals surface area contributed by atoms with E-state index in [1.54, 1.807) is 33.3 Å². The number of carbonyl (C=O) groups is 1. The third kappa shape index (κ3) is 5.95. The summed E-state index contributed by atoms with van der Waals surface area (Å²) in [5.41, 5.74) is 3.82. The molecule has 2 aromatic carbocycles.